The lowest BCUT2D eigenvalue weighted by Gasteiger charge is -2.14. The molecule has 1 fully saturated rings. The summed E-state index contributed by atoms with van der Waals surface area (Å²) in [4.78, 5) is 14.4. The first-order valence-electron chi connectivity index (χ1n) is 7.11. The highest BCUT2D eigenvalue weighted by Crippen LogP contribution is 2.24. The number of nitrogens with one attached hydrogen (secondary N) is 1. The zero-order chi connectivity index (χ0) is 14.1. The largest absolute Gasteiger partial charge is 0.451 e. The minimum absolute atomic E-state index is 0. The Morgan fingerprint density at radius 1 is 1.43 bits per heavy atom. The van der Waals surface area contributed by atoms with E-state index in [0.717, 1.165) is 37.0 Å². The molecule has 1 atom stereocenters. The molecule has 1 aromatic carbocycles. The van der Waals surface area contributed by atoms with Gasteiger partial charge in [0.2, 0.25) is 0 Å². The predicted octanol–water partition coefficient (Wildman–Crippen LogP) is 2.84. The topological polar surface area (TPSA) is 45.5 Å². The van der Waals surface area contributed by atoms with Crippen LogP contribution in [0.4, 0.5) is 0 Å². The molecule has 0 aliphatic carbocycles. The van der Waals surface area contributed by atoms with E-state index in [-0.39, 0.29) is 18.3 Å². The Balaban J connectivity index is 0.00000161. The highest BCUT2D eigenvalue weighted by atomic mass is 35.5. The molecule has 0 spiro atoms. The first-order chi connectivity index (χ1) is 9.67. The van der Waals surface area contributed by atoms with Gasteiger partial charge < -0.3 is 14.6 Å². The van der Waals surface area contributed by atoms with E-state index in [1.165, 1.54) is 5.56 Å². The van der Waals surface area contributed by atoms with E-state index in [9.17, 15) is 4.79 Å². The molecule has 2 heterocycles. The summed E-state index contributed by atoms with van der Waals surface area (Å²) in [7, 11) is 1.95. The minimum Gasteiger partial charge on any atom is -0.451 e. The van der Waals surface area contributed by atoms with Crippen LogP contribution in [0.15, 0.2) is 28.7 Å². The molecule has 5 heteroatoms. The molecule has 0 saturated carbocycles. The number of aryl methyl sites for hydroxylation is 1. The number of carbonyl (C=O) groups excluding carboxylic acids is 1. The Bertz CT molecular complexity index is 638. The number of hydrogen-bond donors (Lipinski definition) is 1. The molecule has 1 saturated heterocycles. The smallest absolute Gasteiger partial charge is 0.289 e. The van der Waals surface area contributed by atoms with Crippen LogP contribution in [0, 0.1) is 12.8 Å². The van der Waals surface area contributed by atoms with Gasteiger partial charge in [0.1, 0.15) is 5.58 Å². The van der Waals surface area contributed by atoms with Crippen LogP contribution < -0.4 is 5.32 Å². The van der Waals surface area contributed by atoms with Crippen LogP contribution >= 0.6 is 12.4 Å². The summed E-state index contributed by atoms with van der Waals surface area (Å²) in [6.07, 6.45) is 1.06. The van der Waals surface area contributed by atoms with Gasteiger partial charge in [-0.05, 0) is 51.1 Å². The normalized spacial score (nSPS) is 18.0. The van der Waals surface area contributed by atoms with Crippen molar-refractivity contribution in [2.24, 2.45) is 5.92 Å². The first-order valence-corrected chi connectivity index (χ1v) is 7.11. The van der Waals surface area contributed by atoms with Gasteiger partial charge in [0.05, 0.1) is 0 Å². The number of furan rings is 1. The Morgan fingerprint density at radius 3 is 3.00 bits per heavy atom. The number of benzene rings is 1. The van der Waals surface area contributed by atoms with Crippen molar-refractivity contribution in [1.29, 1.82) is 0 Å². The molecule has 0 radical (unpaired) electrons. The summed E-state index contributed by atoms with van der Waals surface area (Å²) >= 11 is 0. The summed E-state index contributed by atoms with van der Waals surface area (Å²) < 4.78 is 5.69. The lowest BCUT2D eigenvalue weighted by atomic mass is 10.1. The van der Waals surface area contributed by atoms with Gasteiger partial charge >= 0.3 is 0 Å². The molecule has 4 nitrogen and oxygen atoms in total. The number of nitrogens with zero attached hydrogens (tertiary/aromatic N) is 1. The maximum absolute atomic E-state index is 12.5. The predicted molar refractivity (Wildman–Crippen MR) is 86.1 cm³/mol. The van der Waals surface area contributed by atoms with E-state index in [4.69, 9.17) is 4.42 Å². The fraction of sp³-hybridized carbons (Fsp3) is 0.438. The lowest BCUT2D eigenvalue weighted by Crippen LogP contribution is -2.30. The highest BCUT2D eigenvalue weighted by molar-refractivity contribution is 5.96. The summed E-state index contributed by atoms with van der Waals surface area (Å²) in [5.74, 6) is 1.02. The van der Waals surface area contributed by atoms with Gasteiger partial charge in [-0.2, -0.15) is 0 Å². The molecule has 1 aliphatic rings. The Kier molecular flexibility index (Phi) is 4.91. The molecule has 1 unspecified atom stereocenters. The summed E-state index contributed by atoms with van der Waals surface area (Å²) in [5.41, 5.74) is 1.96. The Labute approximate surface area is 130 Å². The van der Waals surface area contributed by atoms with Gasteiger partial charge in [-0.25, -0.2) is 0 Å². The molecule has 1 aliphatic heterocycles. The Morgan fingerprint density at radius 2 is 2.24 bits per heavy atom. The molecule has 21 heavy (non-hydrogen) atoms. The monoisotopic (exact) mass is 308 g/mol. The molecule has 114 valence electrons. The van der Waals surface area contributed by atoms with Crippen molar-refractivity contribution >= 4 is 29.3 Å². The summed E-state index contributed by atoms with van der Waals surface area (Å²) in [6.45, 7) is 4.64. The number of rotatable bonds is 3. The van der Waals surface area contributed by atoms with Crippen molar-refractivity contribution in [3.63, 3.8) is 0 Å². The van der Waals surface area contributed by atoms with Crippen LogP contribution in [-0.2, 0) is 0 Å². The maximum Gasteiger partial charge on any atom is 0.289 e. The third-order valence-electron chi connectivity index (χ3n) is 3.95. The fourth-order valence-corrected chi connectivity index (χ4v) is 2.90. The van der Waals surface area contributed by atoms with E-state index in [1.54, 1.807) is 0 Å². The van der Waals surface area contributed by atoms with Crippen LogP contribution in [0.25, 0.3) is 11.0 Å². The van der Waals surface area contributed by atoms with Crippen molar-refractivity contribution in [2.75, 3.05) is 26.7 Å². The minimum atomic E-state index is 0. The van der Waals surface area contributed by atoms with Crippen molar-refractivity contribution in [3.8, 4) is 0 Å². The SMILES string of the molecule is CNCC1CCN(C(=O)c2cc3cc(C)ccc3o2)C1.Cl. The molecular weight excluding hydrogens is 288 g/mol. The lowest BCUT2D eigenvalue weighted by molar-refractivity contribution is 0.0758. The van der Waals surface area contributed by atoms with Crippen LogP contribution in [0.5, 0.6) is 0 Å². The standard InChI is InChI=1S/C16H20N2O2.ClH/c1-11-3-4-14-13(7-11)8-15(20-14)16(19)18-6-5-12(10-18)9-17-2;/h3-4,7-8,12,17H,5-6,9-10H2,1-2H3;1H. The number of carbonyl (C=O) groups is 1. The maximum atomic E-state index is 12.5. The Hall–Kier alpha value is -1.52. The van der Waals surface area contributed by atoms with Crippen molar-refractivity contribution < 1.29 is 9.21 Å². The van der Waals surface area contributed by atoms with Gasteiger partial charge in [-0.15, -0.1) is 12.4 Å². The number of hydrogen-bond acceptors (Lipinski definition) is 3. The zero-order valence-electron chi connectivity index (χ0n) is 12.4. The van der Waals surface area contributed by atoms with Crippen molar-refractivity contribution in [2.45, 2.75) is 13.3 Å². The van der Waals surface area contributed by atoms with E-state index in [1.807, 2.05) is 43.1 Å². The first kappa shape index (κ1) is 15.9. The van der Waals surface area contributed by atoms with Crippen LogP contribution in [0.2, 0.25) is 0 Å². The number of halogens is 1. The number of fused-ring (bicyclic) bond motifs is 1. The van der Waals surface area contributed by atoms with Gasteiger partial charge in [0.15, 0.2) is 5.76 Å². The fourth-order valence-electron chi connectivity index (χ4n) is 2.90. The quantitative estimate of drug-likeness (QED) is 0.948. The van der Waals surface area contributed by atoms with Gasteiger partial charge in [0.25, 0.3) is 5.91 Å². The molecular formula is C16H21ClN2O2. The molecule has 2 aromatic rings. The molecule has 0 bridgehead atoms. The van der Waals surface area contributed by atoms with Crippen LogP contribution in [0.1, 0.15) is 22.5 Å². The van der Waals surface area contributed by atoms with Gasteiger partial charge in [-0.3, -0.25) is 4.79 Å². The van der Waals surface area contributed by atoms with E-state index >= 15 is 0 Å². The molecule has 1 amide bonds. The van der Waals surface area contributed by atoms with Crippen molar-refractivity contribution in [1.82, 2.24) is 10.2 Å². The number of likely N-dealkylation sites (tertiary alicyclic amines) is 1. The third-order valence-corrected chi connectivity index (χ3v) is 3.95. The average Bonchev–Trinajstić information content (AvgIpc) is 3.04. The van der Waals surface area contributed by atoms with Crippen LogP contribution in [-0.4, -0.2) is 37.5 Å². The third kappa shape index (κ3) is 3.22. The molecule has 1 N–H and O–H groups in total. The van der Waals surface area contributed by atoms with Crippen molar-refractivity contribution in [3.05, 3.63) is 35.6 Å². The average molecular weight is 309 g/mol. The van der Waals surface area contributed by atoms with E-state index < -0.39 is 0 Å². The molecule has 3 rings (SSSR count). The second-order valence-corrected chi connectivity index (χ2v) is 5.62. The second kappa shape index (κ2) is 6.50. The number of amides is 1. The summed E-state index contributed by atoms with van der Waals surface area (Å²) in [6, 6.07) is 7.83. The van der Waals surface area contributed by atoms with Gasteiger partial charge in [0, 0.05) is 18.5 Å². The zero-order valence-corrected chi connectivity index (χ0v) is 13.2. The second-order valence-electron chi connectivity index (χ2n) is 5.62. The highest BCUT2D eigenvalue weighted by Gasteiger charge is 2.28. The van der Waals surface area contributed by atoms with Gasteiger partial charge in [-0.1, -0.05) is 11.6 Å². The van der Waals surface area contributed by atoms with E-state index in [2.05, 4.69) is 5.32 Å². The van der Waals surface area contributed by atoms with E-state index in [0.29, 0.717) is 11.7 Å². The van der Waals surface area contributed by atoms with Crippen LogP contribution in [0.3, 0.4) is 0 Å². The summed E-state index contributed by atoms with van der Waals surface area (Å²) in [5, 5.41) is 4.17. The molecule has 1 aromatic heterocycles.